The third-order valence-corrected chi connectivity index (χ3v) is 6.61. The highest BCUT2D eigenvalue weighted by atomic mass is 35.5. The summed E-state index contributed by atoms with van der Waals surface area (Å²) in [6, 6.07) is 20.5. The molecule has 0 radical (unpaired) electrons. The molecule has 0 atom stereocenters. The topological polar surface area (TPSA) is 63.5 Å². The summed E-state index contributed by atoms with van der Waals surface area (Å²) in [5.74, 6) is -0.281. The van der Waals surface area contributed by atoms with Gasteiger partial charge in [-0.25, -0.2) is 0 Å². The molecule has 198 valence electrons. The van der Waals surface area contributed by atoms with Gasteiger partial charge in [-0.15, -0.1) is 13.2 Å². The molecule has 0 bridgehead atoms. The Morgan fingerprint density at radius 1 is 1.00 bits per heavy atom. The van der Waals surface area contributed by atoms with Crippen LogP contribution in [0.15, 0.2) is 77.9 Å². The highest BCUT2D eigenvalue weighted by molar-refractivity contribution is 7.80. The summed E-state index contributed by atoms with van der Waals surface area (Å²) in [6.45, 7) is 0. The molecular formula is C27H18Cl2F3N5OS. The Hall–Kier alpha value is -3.86. The predicted octanol–water partition coefficient (Wildman–Crippen LogP) is 7.92. The van der Waals surface area contributed by atoms with Gasteiger partial charge in [0.1, 0.15) is 11.3 Å². The molecule has 5 aromatic rings. The van der Waals surface area contributed by atoms with E-state index in [1.165, 1.54) is 12.1 Å². The Balaban J connectivity index is 1.36. The van der Waals surface area contributed by atoms with Gasteiger partial charge in [-0.2, -0.15) is 10.2 Å². The maximum absolute atomic E-state index is 12.5. The smallest absolute Gasteiger partial charge is 0.406 e. The Labute approximate surface area is 236 Å². The minimum Gasteiger partial charge on any atom is -0.406 e. The predicted molar refractivity (Wildman–Crippen MR) is 154 cm³/mol. The van der Waals surface area contributed by atoms with E-state index in [1.54, 1.807) is 48.3 Å². The van der Waals surface area contributed by atoms with Crippen molar-refractivity contribution >= 4 is 74.1 Å². The first kappa shape index (κ1) is 26.7. The minimum absolute atomic E-state index is 0.225. The molecule has 12 heteroatoms. The summed E-state index contributed by atoms with van der Waals surface area (Å²) < 4.78 is 43.2. The van der Waals surface area contributed by atoms with E-state index in [2.05, 4.69) is 25.7 Å². The summed E-state index contributed by atoms with van der Waals surface area (Å²) in [7, 11) is 1.79. The van der Waals surface area contributed by atoms with E-state index in [4.69, 9.17) is 35.4 Å². The normalized spacial score (nSPS) is 11.8. The van der Waals surface area contributed by atoms with Crippen LogP contribution in [0.1, 0.15) is 5.56 Å². The molecule has 4 aromatic carbocycles. The number of fused-ring (bicyclic) bond motifs is 3. The number of para-hydroxylation sites is 1. The second-order valence-corrected chi connectivity index (χ2v) is 9.63. The van der Waals surface area contributed by atoms with E-state index < -0.39 is 6.36 Å². The second-order valence-electron chi connectivity index (χ2n) is 8.41. The van der Waals surface area contributed by atoms with E-state index in [1.807, 2.05) is 30.3 Å². The highest BCUT2D eigenvalue weighted by Gasteiger charge is 2.31. The molecule has 1 heterocycles. The fraction of sp³-hybridized carbons (Fsp3) is 0.0741. The van der Waals surface area contributed by atoms with Crippen molar-refractivity contribution in [1.29, 1.82) is 0 Å². The summed E-state index contributed by atoms with van der Waals surface area (Å²) in [6.07, 6.45) is -3.12. The highest BCUT2D eigenvalue weighted by Crippen LogP contribution is 2.34. The average molecular weight is 588 g/mol. The molecule has 1 aromatic heterocycles. The van der Waals surface area contributed by atoms with Crippen LogP contribution in [-0.2, 0) is 7.05 Å². The van der Waals surface area contributed by atoms with Crippen molar-refractivity contribution in [3.63, 3.8) is 0 Å². The number of thiocarbonyl (C=S) groups is 1. The largest absolute Gasteiger partial charge is 0.573 e. The van der Waals surface area contributed by atoms with Crippen LogP contribution in [0.25, 0.3) is 32.9 Å². The van der Waals surface area contributed by atoms with Gasteiger partial charge < -0.3 is 10.1 Å². The van der Waals surface area contributed by atoms with E-state index in [-0.39, 0.29) is 10.9 Å². The van der Waals surface area contributed by atoms with Crippen molar-refractivity contribution in [1.82, 2.24) is 15.2 Å². The van der Waals surface area contributed by atoms with Crippen LogP contribution in [-0.4, -0.2) is 27.5 Å². The number of anilines is 1. The van der Waals surface area contributed by atoms with Crippen LogP contribution in [0.5, 0.6) is 5.75 Å². The number of nitrogens with zero attached hydrogens (tertiary/aromatic N) is 3. The lowest BCUT2D eigenvalue weighted by molar-refractivity contribution is -0.274. The standard InChI is InChI=1S/C27H18Cl2F3N5OS/c1-37-25(16-6-9-18(10-7-16)38-27(30,31)32)20-12-8-17-13-15(5-11-19(17)23(20)36-37)14-33-35-26(39)34-24-21(28)3-2-4-22(24)29/h2-14H,1H3,(H2,34,35,39)/b33-14+. The molecule has 5 rings (SSSR count). The Morgan fingerprint density at radius 2 is 1.69 bits per heavy atom. The maximum Gasteiger partial charge on any atom is 0.573 e. The Bertz CT molecular complexity index is 1720. The SMILES string of the molecule is Cn1nc2c(ccc3cc(/C=N/NC(=S)Nc4c(Cl)cccc4Cl)ccc32)c1-c1ccc(OC(F)(F)F)cc1. The Kier molecular flexibility index (Phi) is 7.35. The molecule has 0 aliphatic heterocycles. The molecule has 0 saturated heterocycles. The van der Waals surface area contributed by atoms with Gasteiger partial charge in [0.25, 0.3) is 0 Å². The zero-order valence-corrected chi connectivity index (χ0v) is 22.4. The number of rotatable bonds is 5. The fourth-order valence-corrected chi connectivity index (χ4v) is 4.81. The monoisotopic (exact) mass is 587 g/mol. The van der Waals surface area contributed by atoms with E-state index >= 15 is 0 Å². The molecule has 6 nitrogen and oxygen atoms in total. The van der Waals surface area contributed by atoms with Gasteiger partial charge in [0.05, 0.1) is 27.6 Å². The first-order valence-electron chi connectivity index (χ1n) is 11.4. The molecule has 0 spiro atoms. The zero-order valence-electron chi connectivity index (χ0n) is 20.1. The van der Waals surface area contributed by atoms with Crippen molar-refractivity contribution in [2.45, 2.75) is 6.36 Å². The lowest BCUT2D eigenvalue weighted by Crippen LogP contribution is -2.24. The number of halogens is 5. The lowest BCUT2D eigenvalue weighted by Gasteiger charge is -2.10. The third kappa shape index (κ3) is 5.93. The maximum atomic E-state index is 12.5. The number of aromatic nitrogens is 2. The molecule has 2 N–H and O–H groups in total. The number of benzene rings is 4. The van der Waals surface area contributed by atoms with E-state index in [9.17, 15) is 13.2 Å². The quantitative estimate of drug-likeness (QED) is 0.124. The third-order valence-electron chi connectivity index (χ3n) is 5.79. The van der Waals surface area contributed by atoms with Crippen LogP contribution >= 0.6 is 35.4 Å². The van der Waals surface area contributed by atoms with E-state index in [0.717, 1.165) is 32.9 Å². The van der Waals surface area contributed by atoms with Gasteiger partial charge in [-0.1, -0.05) is 47.5 Å². The van der Waals surface area contributed by atoms with E-state index in [0.29, 0.717) is 21.3 Å². The molecule has 0 unspecified atom stereocenters. The number of hydrazone groups is 1. The molecule has 0 aliphatic carbocycles. The Morgan fingerprint density at radius 3 is 2.38 bits per heavy atom. The van der Waals surface area contributed by atoms with Crippen LogP contribution in [0.2, 0.25) is 10.0 Å². The van der Waals surface area contributed by atoms with Gasteiger partial charge in [0.15, 0.2) is 5.11 Å². The van der Waals surface area contributed by atoms with Gasteiger partial charge in [0.2, 0.25) is 0 Å². The number of ether oxygens (including phenoxy) is 1. The summed E-state index contributed by atoms with van der Waals surface area (Å²) in [4.78, 5) is 0. The van der Waals surface area contributed by atoms with Gasteiger partial charge in [-0.05, 0) is 71.7 Å². The fourth-order valence-electron chi connectivity index (χ4n) is 4.17. The first-order chi connectivity index (χ1) is 18.6. The van der Waals surface area contributed by atoms with Crippen LogP contribution in [0.4, 0.5) is 18.9 Å². The van der Waals surface area contributed by atoms with Crippen molar-refractivity contribution < 1.29 is 17.9 Å². The van der Waals surface area contributed by atoms with Crippen LogP contribution < -0.4 is 15.5 Å². The first-order valence-corrected chi connectivity index (χ1v) is 12.6. The van der Waals surface area contributed by atoms with Crippen molar-refractivity contribution in [3.05, 3.63) is 88.4 Å². The summed E-state index contributed by atoms with van der Waals surface area (Å²) >= 11 is 17.6. The minimum atomic E-state index is -4.74. The number of hydrogen-bond donors (Lipinski definition) is 2. The molecule has 0 aliphatic rings. The van der Waals surface area contributed by atoms with Crippen LogP contribution in [0, 0.1) is 0 Å². The van der Waals surface area contributed by atoms with Gasteiger partial charge in [0, 0.05) is 23.4 Å². The molecule has 39 heavy (non-hydrogen) atoms. The summed E-state index contributed by atoms with van der Waals surface area (Å²) in [5.41, 5.74) is 6.32. The number of nitrogens with one attached hydrogen (secondary N) is 2. The zero-order chi connectivity index (χ0) is 27.7. The lowest BCUT2D eigenvalue weighted by atomic mass is 10.0. The van der Waals surface area contributed by atoms with Crippen molar-refractivity contribution in [2.75, 3.05) is 5.32 Å². The van der Waals surface area contributed by atoms with Gasteiger partial charge >= 0.3 is 6.36 Å². The summed E-state index contributed by atoms with van der Waals surface area (Å²) in [5, 5.41) is 15.6. The van der Waals surface area contributed by atoms with Crippen LogP contribution in [0.3, 0.4) is 0 Å². The van der Waals surface area contributed by atoms with Crippen molar-refractivity contribution in [3.8, 4) is 17.0 Å². The molecule has 0 saturated carbocycles. The number of alkyl halides is 3. The molecular weight excluding hydrogens is 570 g/mol. The van der Waals surface area contributed by atoms with Gasteiger partial charge in [-0.3, -0.25) is 10.1 Å². The molecule has 0 fully saturated rings. The van der Waals surface area contributed by atoms with Crippen molar-refractivity contribution in [2.24, 2.45) is 12.1 Å². The number of hydrogen-bond acceptors (Lipinski definition) is 4. The average Bonchev–Trinajstić information content (AvgIpc) is 3.22. The number of aryl methyl sites for hydroxylation is 1. The molecule has 0 amide bonds. The second kappa shape index (κ2) is 10.7.